The molecule has 1 aromatic rings. The predicted octanol–water partition coefficient (Wildman–Crippen LogP) is 2.94. The molecule has 0 aliphatic rings. The Morgan fingerprint density at radius 1 is 1.07 bits per heavy atom. The van der Waals surface area contributed by atoms with E-state index >= 15 is 0 Å². The number of benzene rings is 1. The number of rotatable bonds is 16. The molecule has 0 amide bonds. The zero-order valence-electron chi connectivity index (χ0n) is 19.6. The Morgan fingerprint density at radius 3 is 2.43 bits per heavy atom. The van der Waals surface area contributed by atoms with Gasteiger partial charge in [-0.05, 0) is 36.8 Å². The van der Waals surface area contributed by atoms with Gasteiger partial charge in [-0.1, -0.05) is 90.7 Å². The number of carboxylic acids is 1. The maximum absolute atomic E-state index is 11.5. The van der Waals surface area contributed by atoms with Gasteiger partial charge in [-0.25, -0.2) is 0 Å². The number of ether oxygens (including phenoxy) is 1. The van der Waals surface area contributed by atoms with Crippen molar-refractivity contribution in [2.45, 2.75) is 97.8 Å². The fourth-order valence-electron chi connectivity index (χ4n) is 3.22. The Hall–Kier alpha value is 0.126. The van der Waals surface area contributed by atoms with Crippen LogP contribution >= 0.6 is 0 Å². The average molecular weight is 417 g/mol. The van der Waals surface area contributed by atoms with Gasteiger partial charge in [-0.3, -0.25) is 0 Å². The Balaban J connectivity index is 0.00000784. The molecule has 0 aromatic heterocycles. The van der Waals surface area contributed by atoms with Crippen molar-refractivity contribution in [1.82, 2.24) is 0 Å². The van der Waals surface area contributed by atoms with E-state index in [1.54, 1.807) is 12.1 Å². The van der Waals surface area contributed by atoms with Gasteiger partial charge in [-0.2, -0.15) is 0 Å². The van der Waals surface area contributed by atoms with Crippen LogP contribution < -0.4 is 61.2 Å². The molecule has 4 heteroatoms. The predicted molar refractivity (Wildman–Crippen MR) is 111 cm³/mol. The minimum atomic E-state index is -1.18. The molecule has 28 heavy (non-hydrogen) atoms. The van der Waals surface area contributed by atoms with Gasteiger partial charge in [0.15, 0.2) is 0 Å². The zero-order valence-corrected chi connectivity index (χ0v) is 21.7. The van der Waals surface area contributed by atoms with E-state index in [-0.39, 0.29) is 63.3 Å². The number of hydrogen-bond donors (Lipinski definition) is 0. The van der Waals surface area contributed by atoms with Gasteiger partial charge in [0, 0.05) is 6.93 Å². The second-order valence-electron chi connectivity index (χ2n) is 7.86. The molecule has 0 N–H and O–H groups in total. The van der Waals surface area contributed by atoms with Gasteiger partial charge in [0.25, 0.3) is 0 Å². The number of carboxylic acid groups (broad SMARTS) is 1. The second-order valence-corrected chi connectivity index (χ2v) is 7.86. The van der Waals surface area contributed by atoms with E-state index in [9.17, 15) is 9.90 Å². The molecule has 1 atom stereocenters. The summed E-state index contributed by atoms with van der Waals surface area (Å²) in [5, 5.41) is 11.5. The van der Waals surface area contributed by atoms with Crippen LogP contribution in [0.2, 0.25) is 0 Å². The standard InChI is InChI=1S/C24H40O3.K/c1-4-5-6-7-10-13-19-27-23-21(17-14-18-22(23)24(25)26)16-12-9-8-11-15-20(2)3;/h14,17-18,20H,4-13,15-16,19H2,1-3H3,(H,25,26);/q;+1/p-1/i11T;. The van der Waals surface area contributed by atoms with Gasteiger partial charge < -0.3 is 14.6 Å². The van der Waals surface area contributed by atoms with Gasteiger partial charge in [0.1, 0.15) is 5.75 Å². The van der Waals surface area contributed by atoms with Crippen molar-refractivity contribution >= 4 is 5.97 Å². The minimum Gasteiger partial charge on any atom is -0.545 e. The van der Waals surface area contributed by atoms with Gasteiger partial charge in [0.2, 0.25) is 0 Å². The summed E-state index contributed by atoms with van der Waals surface area (Å²) in [7, 11) is 0. The summed E-state index contributed by atoms with van der Waals surface area (Å²) in [6.07, 6.45) is 11.6. The van der Waals surface area contributed by atoms with E-state index in [1.807, 2.05) is 6.07 Å². The maximum Gasteiger partial charge on any atom is 1.00 e. The van der Waals surface area contributed by atoms with Crippen LogP contribution in [0.3, 0.4) is 0 Å². The Bertz CT molecular complexity index is 563. The third-order valence-corrected chi connectivity index (χ3v) is 4.80. The monoisotopic (exact) mass is 416 g/mol. The molecule has 0 bridgehead atoms. The molecule has 0 radical (unpaired) electrons. The van der Waals surface area contributed by atoms with Crippen molar-refractivity contribution < 1.29 is 67.4 Å². The first-order valence-electron chi connectivity index (χ1n) is 11.4. The van der Waals surface area contributed by atoms with Crippen LogP contribution in [0, 0.1) is 5.92 Å². The number of hydrogen-bond acceptors (Lipinski definition) is 3. The van der Waals surface area contributed by atoms with Crippen molar-refractivity contribution in [2.24, 2.45) is 5.92 Å². The number of para-hydroxylation sites is 1. The number of unbranched alkanes of at least 4 members (excludes halogenated alkanes) is 6. The number of aryl methyl sites for hydroxylation is 1. The molecule has 1 rings (SSSR count). The van der Waals surface area contributed by atoms with Crippen LogP contribution in [0.5, 0.6) is 5.75 Å². The van der Waals surface area contributed by atoms with Crippen LogP contribution in [0.4, 0.5) is 0 Å². The third-order valence-electron chi connectivity index (χ3n) is 4.80. The van der Waals surface area contributed by atoms with Crippen LogP contribution in [-0.2, 0) is 6.42 Å². The van der Waals surface area contributed by atoms with Gasteiger partial charge in [0.05, 0.1) is 12.6 Å². The van der Waals surface area contributed by atoms with Crippen molar-refractivity contribution in [2.75, 3.05) is 6.61 Å². The first-order chi connectivity index (χ1) is 13.5. The van der Waals surface area contributed by atoms with E-state index in [0.717, 1.165) is 50.5 Å². The first-order valence-corrected chi connectivity index (χ1v) is 10.8. The molecule has 0 heterocycles. The van der Waals surface area contributed by atoms with Crippen LogP contribution in [-0.4, -0.2) is 12.6 Å². The summed E-state index contributed by atoms with van der Waals surface area (Å²) in [5.74, 6) is -0.132. The van der Waals surface area contributed by atoms with E-state index in [4.69, 9.17) is 6.11 Å². The van der Waals surface area contributed by atoms with E-state index in [2.05, 4.69) is 20.8 Å². The molecular formula is C24H39KO3. The Kier molecular flexibility index (Phi) is 16.8. The van der Waals surface area contributed by atoms with E-state index in [0.29, 0.717) is 18.3 Å². The molecule has 0 spiro atoms. The van der Waals surface area contributed by atoms with Crippen LogP contribution in [0.15, 0.2) is 18.2 Å². The van der Waals surface area contributed by atoms with Crippen LogP contribution in [0.1, 0.15) is 109 Å². The van der Waals surface area contributed by atoms with Crippen molar-refractivity contribution in [3.05, 3.63) is 29.3 Å². The van der Waals surface area contributed by atoms with E-state index < -0.39 is 5.97 Å². The van der Waals surface area contributed by atoms with Gasteiger partial charge >= 0.3 is 51.4 Å². The quantitative estimate of drug-likeness (QED) is 0.307. The smallest absolute Gasteiger partial charge is 0.545 e. The molecule has 154 valence electrons. The summed E-state index contributed by atoms with van der Waals surface area (Å²) < 4.78 is 14.0. The van der Waals surface area contributed by atoms with Gasteiger partial charge in [-0.15, -0.1) is 0 Å². The molecule has 3 nitrogen and oxygen atoms in total. The fraction of sp³-hybridized carbons (Fsp3) is 0.708. The molecule has 1 unspecified atom stereocenters. The second kappa shape index (κ2) is 17.9. The molecular weight excluding hydrogens is 375 g/mol. The zero-order chi connectivity index (χ0) is 20.8. The summed E-state index contributed by atoms with van der Waals surface area (Å²) in [5.41, 5.74) is 1.10. The Labute approximate surface area is 216 Å². The largest absolute Gasteiger partial charge is 1.00 e. The fourth-order valence-corrected chi connectivity index (χ4v) is 3.22. The number of carbonyl (C=O) groups excluding carboxylic acids is 1. The molecule has 0 aliphatic carbocycles. The summed E-state index contributed by atoms with van der Waals surface area (Å²) in [4.78, 5) is 11.5. The summed E-state index contributed by atoms with van der Waals surface area (Å²) in [6.45, 7) is 7.06. The first kappa shape index (κ1) is 26.2. The third kappa shape index (κ3) is 12.6. The summed E-state index contributed by atoms with van der Waals surface area (Å²) >= 11 is 0. The molecule has 0 aliphatic heterocycles. The molecule has 0 saturated heterocycles. The SMILES string of the molecule is [3H]C(CCCCc1cccc(C(=O)[O-])c1OCCCCCCCC)CC(C)C.[K+]. The maximum atomic E-state index is 11.5. The Morgan fingerprint density at radius 2 is 1.75 bits per heavy atom. The normalized spacial score (nSPS) is 12.4. The molecule has 1 aromatic carbocycles. The summed E-state index contributed by atoms with van der Waals surface area (Å²) in [6, 6.07) is 5.29. The number of aromatic carboxylic acids is 1. The van der Waals surface area contributed by atoms with Crippen molar-refractivity contribution in [1.29, 1.82) is 0 Å². The molecule has 0 fully saturated rings. The van der Waals surface area contributed by atoms with Crippen molar-refractivity contribution in [3.63, 3.8) is 0 Å². The van der Waals surface area contributed by atoms with Crippen LogP contribution in [0.25, 0.3) is 0 Å². The molecule has 0 saturated carbocycles. The van der Waals surface area contributed by atoms with E-state index in [1.165, 1.54) is 25.7 Å². The van der Waals surface area contributed by atoms with Crippen molar-refractivity contribution in [3.8, 4) is 5.75 Å². The number of carbonyl (C=O) groups is 1. The minimum absolute atomic E-state index is 0. The average Bonchev–Trinajstić information content (AvgIpc) is 2.64. The topological polar surface area (TPSA) is 49.4 Å².